The zero-order chi connectivity index (χ0) is 14.5. The summed E-state index contributed by atoms with van der Waals surface area (Å²) in [7, 11) is 1.50. The van der Waals surface area contributed by atoms with Gasteiger partial charge in [-0.2, -0.15) is 0 Å². The number of ether oxygens (including phenoxy) is 1. The molecule has 1 aliphatic heterocycles. The average Bonchev–Trinajstić information content (AvgIpc) is 2.43. The molecule has 1 aliphatic carbocycles. The van der Waals surface area contributed by atoms with Crippen LogP contribution >= 0.6 is 0 Å². The normalized spacial score (nSPS) is 29.8. The molecule has 1 saturated heterocycles. The molecule has 4 heteroatoms. The highest BCUT2D eigenvalue weighted by atomic mass is 16.5. The van der Waals surface area contributed by atoms with Gasteiger partial charge in [-0.3, -0.25) is 9.69 Å². The molecule has 0 bridgehead atoms. The molecule has 3 unspecified atom stereocenters. The van der Waals surface area contributed by atoms with Crippen LogP contribution in [0.3, 0.4) is 0 Å². The Labute approximate surface area is 123 Å². The highest BCUT2D eigenvalue weighted by Gasteiger charge is 2.34. The van der Waals surface area contributed by atoms with Gasteiger partial charge in [-0.1, -0.05) is 13.3 Å². The van der Waals surface area contributed by atoms with Gasteiger partial charge in [0.05, 0.1) is 13.0 Å². The smallest absolute Gasteiger partial charge is 0.310 e. The van der Waals surface area contributed by atoms with Crippen molar-refractivity contribution in [3.8, 4) is 0 Å². The first kappa shape index (κ1) is 15.8. The van der Waals surface area contributed by atoms with Crippen LogP contribution in [0.5, 0.6) is 0 Å². The Balaban J connectivity index is 1.89. The van der Waals surface area contributed by atoms with Crippen LogP contribution in [0.1, 0.15) is 46.0 Å². The zero-order valence-corrected chi connectivity index (χ0v) is 13.2. The molecule has 2 fully saturated rings. The Bertz CT molecular complexity index is 318. The molecule has 0 spiro atoms. The van der Waals surface area contributed by atoms with Crippen molar-refractivity contribution in [2.75, 3.05) is 26.7 Å². The molecular weight excluding hydrogens is 252 g/mol. The molecule has 0 aromatic rings. The predicted molar refractivity (Wildman–Crippen MR) is 80.6 cm³/mol. The summed E-state index contributed by atoms with van der Waals surface area (Å²) >= 11 is 0. The van der Waals surface area contributed by atoms with E-state index in [2.05, 4.69) is 24.1 Å². The maximum atomic E-state index is 11.9. The quantitative estimate of drug-likeness (QED) is 0.757. The van der Waals surface area contributed by atoms with Gasteiger partial charge in [0.1, 0.15) is 0 Å². The summed E-state index contributed by atoms with van der Waals surface area (Å²) in [5.74, 6) is 0.848. The lowest BCUT2D eigenvalue weighted by molar-refractivity contribution is -0.148. The first-order valence-corrected chi connectivity index (χ1v) is 8.19. The van der Waals surface area contributed by atoms with Crippen LogP contribution in [0.2, 0.25) is 0 Å². The number of nitrogens with zero attached hydrogens (tertiary/aromatic N) is 1. The Morgan fingerprint density at radius 2 is 2.15 bits per heavy atom. The van der Waals surface area contributed by atoms with E-state index in [4.69, 9.17) is 4.74 Å². The number of methoxy groups -OCH3 is 1. The van der Waals surface area contributed by atoms with Crippen LogP contribution in [0.15, 0.2) is 0 Å². The average molecular weight is 282 g/mol. The third-order valence-electron chi connectivity index (χ3n) is 5.15. The second-order valence-corrected chi connectivity index (χ2v) is 6.57. The molecule has 20 heavy (non-hydrogen) atoms. The summed E-state index contributed by atoms with van der Waals surface area (Å²) in [6.45, 7) is 7.50. The minimum absolute atomic E-state index is 0.0293. The number of hydrogen-bond acceptors (Lipinski definition) is 4. The summed E-state index contributed by atoms with van der Waals surface area (Å²) in [5.41, 5.74) is 0. The Kier molecular flexibility index (Phi) is 5.85. The van der Waals surface area contributed by atoms with Gasteiger partial charge >= 0.3 is 5.97 Å². The monoisotopic (exact) mass is 282 g/mol. The summed E-state index contributed by atoms with van der Waals surface area (Å²) < 4.78 is 4.96. The molecule has 1 heterocycles. The lowest BCUT2D eigenvalue weighted by Gasteiger charge is -2.41. The van der Waals surface area contributed by atoms with E-state index in [0.29, 0.717) is 12.1 Å². The third kappa shape index (κ3) is 3.95. The highest BCUT2D eigenvalue weighted by molar-refractivity contribution is 5.72. The molecule has 1 N–H and O–H groups in total. The number of hydrogen-bond donors (Lipinski definition) is 1. The summed E-state index contributed by atoms with van der Waals surface area (Å²) in [4.78, 5) is 14.3. The molecule has 2 aliphatic rings. The van der Waals surface area contributed by atoms with Crippen LogP contribution in [-0.4, -0.2) is 49.7 Å². The molecule has 1 saturated carbocycles. The molecule has 0 aromatic heterocycles. The standard InChI is InChI=1S/C16H30N2O2/c1-4-12(2)18-10-14(16(19)20-3)8-15(11-18)17-9-13-6-5-7-13/h12-15,17H,4-11H2,1-3H3. The van der Waals surface area contributed by atoms with Crippen molar-refractivity contribution >= 4 is 5.97 Å². The molecule has 116 valence electrons. The van der Waals surface area contributed by atoms with E-state index in [1.807, 2.05) is 0 Å². The van der Waals surface area contributed by atoms with E-state index in [1.54, 1.807) is 0 Å². The SMILES string of the molecule is CCC(C)N1CC(NCC2CCC2)CC(C(=O)OC)C1. The minimum atomic E-state index is -0.0477. The molecule has 2 rings (SSSR count). The van der Waals surface area contributed by atoms with Crippen LogP contribution < -0.4 is 5.32 Å². The predicted octanol–water partition coefficient (Wildman–Crippen LogP) is 2.04. The van der Waals surface area contributed by atoms with E-state index in [1.165, 1.54) is 26.4 Å². The second kappa shape index (κ2) is 7.41. The van der Waals surface area contributed by atoms with Crippen LogP contribution in [-0.2, 0) is 9.53 Å². The minimum Gasteiger partial charge on any atom is -0.469 e. The summed E-state index contributed by atoms with van der Waals surface area (Å²) in [5, 5.41) is 3.69. The van der Waals surface area contributed by atoms with Gasteiger partial charge in [0.25, 0.3) is 0 Å². The molecular formula is C16H30N2O2. The van der Waals surface area contributed by atoms with Crippen LogP contribution in [0.25, 0.3) is 0 Å². The first-order valence-electron chi connectivity index (χ1n) is 8.19. The molecule has 0 radical (unpaired) electrons. The Morgan fingerprint density at radius 1 is 1.40 bits per heavy atom. The van der Waals surface area contributed by atoms with Gasteiger partial charge in [0.2, 0.25) is 0 Å². The lowest BCUT2D eigenvalue weighted by Crippen LogP contribution is -2.54. The van der Waals surface area contributed by atoms with Crippen molar-refractivity contribution in [3.63, 3.8) is 0 Å². The fourth-order valence-corrected chi connectivity index (χ4v) is 3.27. The highest BCUT2D eigenvalue weighted by Crippen LogP contribution is 2.26. The first-order chi connectivity index (χ1) is 9.63. The van der Waals surface area contributed by atoms with Gasteiger partial charge in [0, 0.05) is 25.2 Å². The molecule has 0 amide bonds. The lowest BCUT2D eigenvalue weighted by atomic mass is 9.85. The summed E-state index contributed by atoms with van der Waals surface area (Å²) in [6, 6.07) is 0.970. The van der Waals surface area contributed by atoms with Gasteiger partial charge in [0.15, 0.2) is 0 Å². The van der Waals surface area contributed by atoms with E-state index >= 15 is 0 Å². The largest absolute Gasteiger partial charge is 0.469 e. The maximum absolute atomic E-state index is 11.9. The second-order valence-electron chi connectivity index (χ2n) is 6.57. The summed E-state index contributed by atoms with van der Waals surface area (Å²) in [6.07, 6.45) is 6.18. The van der Waals surface area contributed by atoms with Crippen molar-refractivity contribution in [2.24, 2.45) is 11.8 Å². The van der Waals surface area contributed by atoms with Crippen molar-refractivity contribution in [3.05, 3.63) is 0 Å². The van der Waals surface area contributed by atoms with Gasteiger partial charge in [-0.25, -0.2) is 0 Å². The van der Waals surface area contributed by atoms with E-state index in [0.717, 1.165) is 38.4 Å². The van der Waals surface area contributed by atoms with Gasteiger partial charge < -0.3 is 10.1 Å². The topological polar surface area (TPSA) is 41.6 Å². The van der Waals surface area contributed by atoms with Gasteiger partial charge in [-0.15, -0.1) is 0 Å². The van der Waals surface area contributed by atoms with Crippen molar-refractivity contribution in [1.82, 2.24) is 10.2 Å². The number of rotatable bonds is 6. The van der Waals surface area contributed by atoms with Crippen LogP contribution in [0.4, 0.5) is 0 Å². The number of esters is 1. The maximum Gasteiger partial charge on any atom is 0.310 e. The number of nitrogens with one attached hydrogen (secondary N) is 1. The number of carbonyl (C=O) groups excluding carboxylic acids is 1. The number of carbonyl (C=O) groups is 1. The fourth-order valence-electron chi connectivity index (χ4n) is 3.27. The van der Waals surface area contributed by atoms with E-state index < -0.39 is 0 Å². The molecule has 3 atom stereocenters. The van der Waals surface area contributed by atoms with Crippen molar-refractivity contribution in [1.29, 1.82) is 0 Å². The zero-order valence-electron chi connectivity index (χ0n) is 13.2. The van der Waals surface area contributed by atoms with E-state index in [9.17, 15) is 4.79 Å². The molecule has 0 aromatic carbocycles. The fraction of sp³-hybridized carbons (Fsp3) is 0.938. The van der Waals surface area contributed by atoms with Crippen molar-refractivity contribution in [2.45, 2.75) is 58.0 Å². The van der Waals surface area contributed by atoms with Crippen molar-refractivity contribution < 1.29 is 9.53 Å². The Morgan fingerprint density at radius 3 is 2.70 bits per heavy atom. The van der Waals surface area contributed by atoms with E-state index in [-0.39, 0.29) is 11.9 Å². The molecule has 4 nitrogen and oxygen atoms in total. The van der Waals surface area contributed by atoms with Crippen LogP contribution in [0, 0.1) is 11.8 Å². The Hall–Kier alpha value is -0.610. The third-order valence-corrected chi connectivity index (χ3v) is 5.15. The van der Waals surface area contributed by atoms with Gasteiger partial charge in [-0.05, 0) is 45.1 Å². The number of likely N-dealkylation sites (tertiary alicyclic amines) is 1. The number of piperidine rings is 1.